The van der Waals surface area contributed by atoms with E-state index in [1.807, 2.05) is 37.3 Å². The van der Waals surface area contributed by atoms with Crippen LogP contribution in [0.4, 0.5) is 5.82 Å². The zero-order valence-electron chi connectivity index (χ0n) is 15.2. The van der Waals surface area contributed by atoms with Gasteiger partial charge in [0.2, 0.25) is 0 Å². The maximum absolute atomic E-state index is 12.6. The Balaban J connectivity index is 1.98. The quantitative estimate of drug-likeness (QED) is 0.931. The predicted octanol–water partition coefficient (Wildman–Crippen LogP) is 2.83. The van der Waals surface area contributed by atoms with Crippen molar-refractivity contribution in [3.8, 4) is 5.69 Å². The molecule has 6 nitrogen and oxygen atoms in total. The zero-order valence-corrected chi connectivity index (χ0v) is 15.2. The maximum atomic E-state index is 12.6. The molecule has 0 radical (unpaired) electrons. The number of aromatic nitrogens is 2. The highest BCUT2D eigenvalue weighted by Crippen LogP contribution is 2.31. The minimum absolute atomic E-state index is 0.131. The number of rotatable bonds is 3. The summed E-state index contributed by atoms with van der Waals surface area (Å²) in [6, 6.07) is 9.79. The molecule has 6 heteroatoms. The van der Waals surface area contributed by atoms with Crippen molar-refractivity contribution in [3.63, 3.8) is 0 Å². The second-order valence-corrected chi connectivity index (χ2v) is 7.24. The number of amides is 1. The van der Waals surface area contributed by atoms with E-state index in [9.17, 15) is 4.79 Å². The van der Waals surface area contributed by atoms with Gasteiger partial charge in [0.1, 0.15) is 5.82 Å². The Morgan fingerprint density at radius 2 is 1.96 bits per heavy atom. The van der Waals surface area contributed by atoms with E-state index in [2.05, 4.69) is 26.1 Å². The Kier molecular flexibility index (Phi) is 4.92. The first-order valence-corrected chi connectivity index (χ1v) is 8.53. The molecule has 25 heavy (non-hydrogen) atoms. The molecule has 1 aromatic heterocycles. The van der Waals surface area contributed by atoms with Gasteiger partial charge in [0, 0.05) is 11.0 Å². The van der Waals surface area contributed by atoms with E-state index in [1.54, 1.807) is 4.68 Å². The van der Waals surface area contributed by atoms with E-state index < -0.39 is 6.10 Å². The number of nitrogens with zero attached hydrogens (tertiary/aromatic N) is 2. The number of hydrogen-bond acceptors (Lipinski definition) is 4. The van der Waals surface area contributed by atoms with E-state index >= 15 is 0 Å². The van der Waals surface area contributed by atoms with Crippen molar-refractivity contribution in [1.82, 2.24) is 9.78 Å². The third-order valence-electron chi connectivity index (χ3n) is 4.18. The summed E-state index contributed by atoms with van der Waals surface area (Å²) in [6.45, 7) is 9.56. The minimum Gasteiger partial charge on any atom is -0.376 e. The minimum atomic E-state index is -0.592. The monoisotopic (exact) mass is 343 g/mol. The lowest BCUT2D eigenvalue weighted by molar-refractivity contribution is -0.142. The van der Waals surface area contributed by atoms with Crippen LogP contribution in [0.1, 0.15) is 32.0 Å². The molecule has 0 bridgehead atoms. The average Bonchev–Trinajstić information content (AvgIpc) is 2.93. The predicted molar refractivity (Wildman–Crippen MR) is 96.2 cm³/mol. The van der Waals surface area contributed by atoms with Crippen LogP contribution in [-0.2, 0) is 19.7 Å². The van der Waals surface area contributed by atoms with Gasteiger partial charge in [-0.2, -0.15) is 5.10 Å². The van der Waals surface area contributed by atoms with Crippen LogP contribution >= 0.6 is 0 Å². The van der Waals surface area contributed by atoms with Crippen LogP contribution in [0.15, 0.2) is 30.3 Å². The molecule has 3 rings (SSSR count). The molecule has 1 fully saturated rings. The summed E-state index contributed by atoms with van der Waals surface area (Å²) in [5.41, 5.74) is 2.68. The lowest BCUT2D eigenvalue weighted by Crippen LogP contribution is -2.39. The van der Waals surface area contributed by atoms with Crippen LogP contribution in [0.3, 0.4) is 0 Å². The average molecular weight is 343 g/mol. The number of nitrogens with one attached hydrogen (secondary N) is 1. The molecule has 2 aromatic rings. The zero-order chi connectivity index (χ0) is 18.0. The SMILES string of the molecule is Cc1c(C(C)(C)C)nn(-c2ccccc2)c1NC(=O)[C@H]1COCCO1. The molecule has 1 aliphatic heterocycles. The van der Waals surface area contributed by atoms with Crippen molar-refractivity contribution in [2.75, 3.05) is 25.1 Å². The highest BCUT2D eigenvalue weighted by Gasteiger charge is 2.28. The number of benzene rings is 1. The molecule has 0 saturated carbocycles. The number of hydrogen-bond donors (Lipinski definition) is 1. The fourth-order valence-electron chi connectivity index (χ4n) is 2.95. The molecule has 1 atom stereocenters. The fourth-order valence-corrected chi connectivity index (χ4v) is 2.95. The standard InChI is InChI=1S/C19H25N3O3/c1-13-16(19(2,3)4)21-22(14-8-6-5-7-9-14)17(13)20-18(23)15-12-24-10-11-25-15/h5-9,15H,10-12H2,1-4H3,(H,20,23)/t15-/m1/s1. The van der Waals surface area contributed by atoms with E-state index in [-0.39, 0.29) is 17.9 Å². The van der Waals surface area contributed by atoms with Crippen molar-refractivity contribution in [3.05, 3.63) is 41.6 Å². The number of ether oxygens (including phenoxy) is 2. The largest absolute Gasteiger partial charge is 0.376 e. The van der Waals surface area contributed by atoms with Crippen molar-refractivity contribution in [1.29, 1.82) is 0 Å². The molecule has 1 aliphatic rings. The van der Waals surface area contributed by atoms with Gasteiger partial charge in [0.05, 0.1) is 31.2 Å². The number of carbonyl (C=O) groups excluding carboxylic acids is 1. The Morgan fingerprint density at radius 3 is 2.56 bits per heavy atom. The van der Waals surface area contributed by atoms with Crippen molar-refractivity contribution < 1.29 is 14.3 Å². The van der Waals surface area contributed by atoms with Crippen LogP contribution in [0.2, 0.25) is 0 Å². The highest BCUT2D eigenvalue weighted by atomic mass is 16.6. The Hall–Kier alpha value is -2.18. The third kappa shape index (κ3) is 3.75. The van der Waals surface area contributed by atoms with Gasteiger partial charge in [-0.25, -0.2) is 4.68 Å². The first-order valence-electron chi connectivity index (χ1n) is 8.53. The summed E-state index contributed by atoms with van der Waals surface area (Å²) in [5.74, 6) is 0.468. The van der Waals surface area contributed by atoms with Crippen LogP contribution in [-0.4, -0.2) is 41.6 Å². The molecular weight excluding hydrogens is 318 g/mol. The van der Waals surface area contributed by atoms with E-state index in [0.717, 1.165) is 16.9 Å². The molecule has 134 valence electrons. The third-order valence-corrected chi connectivity index (χ3v) is 4.18. The Labute approximate surface area is 148 Å². The summed E-state index contributed by atoms with van der Waals surface area (Å²) in [7, 11) is 0. The fraction of sp³-hybridized carbons (Fsp3) is 0.474. The summed E-state index contributed by atoms with van der Waals surface area (Å²) in [5, 5.41) is 7.78. The summed E-state index contributed by atoms with van der Waals surface area (Å²) in [4.78, 5) is 12.6. The Bertz CT molecular complexity index is 741. The van der Waals surface area contributed by atoms with Gasteiger partial charge in [-0.15, -0.1) is 0 Å². The molecule has 0 aliphatic carbocycles. The Morgan fingerprint density at radius 1 is 1.24 bits per heavy atom. The van der Waals surface area contributed by atoms with Gasteiger partial charge in [0.15, 0.2) is 6.10 Å². The van der Waals surface area contributed by atoms with Gasteiger partial charge >= 0.3 is 0 Å². The highest BCUT2D eigenvalue weighted by molar-refractivity contribution is 5.94. The van der Waals surface area contributed by atoms with Gasteiger partial charge in [-0.05, 0) is 19.1 Å². The van der Waals surface area contributed by atoms with Crippen molar-refractivity contribution in [2.45, 2.75) is 39.2 Å². The first-order chi connectivity index (χ1) is 11.9. The van der Waals surface area contributed by atoms with Crippen molar-refractivity contribution >= 4 is 11.7 Å². The summed E-state index contributed by atoms with van der Waals surface area (Å²) < 4.78 is 12.6. The smallest absolute Gasteiger partial charge is 0.257 e. The molecule has 1 saturated heterocycles. The topological polar surface area (TPSA) is 65.4 Å². The second-order valence-electron chi connectivity index (χ2n) is 7.24. The number of anilines is 1. The van der Waals surface area contributed by atoms with E-state index in [4.69, 9.17) is 14.6 Å². The molecule has 0 spiro atoms. The lowest BCUT2D eigenvalue weighted by Gasteiger charge is -2.22. The molecule has 1 N–H and O–H groups in total. The molecule has 1 aromatic carbocycles. The normalized spacial score (nSPS) is 18.2. The van der Waals surface area contributed by atoms with Gasteiger partial charge in [0.25, 0.3) is 5.91 Å². The number of para-hydroxylation sites is 1. The van der Waals surface area contributed by atoms with E-state index in [0.29, 0.717) is 19.0 Å². The van der Waals surface area contributed by atoms with Crippen LogP contribution in [0, 0.1) is 6.92 Å². The first kappa shape index (κ1) is 17.6. The van der Waals surface area contributed by atoms with Gasteiger partial charge < -0.3 is 14.8 Å². The van der Waals surface area contributed by atoms with E-state index in [1.165, 1.54) is 0 Å². The van der Waals surface area contributed by atoms with Crippen molar-refractivity contribution in [2.24, 2.45) is 0 Å². The maximum Gasteiger partial charge on any atom is 0.257 e. The molecule has 2 heterocycles. The van der Waals surface area contributed by atoms with Crippen LogP contribution < -0.4 is 5.32 Å². The second kappa shape index (κ2) is 6.98. The van der Waals surface area contributed by atoms with Crippen LogP contribution in [0.25, 0.3) is 5.69 Å². The number of carbonyl (C=O) groups is 1. The van der Waals surface area contributed by atoms with Gasteiger partial charge in [-0.1, -0.05) is 39.0 Å². The van der Waals surface area contributed by atoms with Gasteiger partial charge in [-0.3, -0.25) is 4.79 Å². The molecule has 0 unspecified atom stereocenters. The lowest BCUT2D eigenvalue weighted by atomic mass is 9.90. The molecular formula is C19H25N3O3. The summed E-state index contributed by atoms with van der Waals surface area (Å²) >= 11 is 0. The summed E-state index contributed by atoms with van der Waals surface area (Å²) in [6.07, 6.45) is -0.592. The van der Waals surface area contributed by atoms with Crippen LogP contribution in [0.5, 0.6) is 0 Å². The molecule has 1 amide bonds.